The van der Waals surface area contributed by atoms with Gasteiger partial charge in [0.25, 0.3) is 0 Å². The lowest BCUT2D eigenvalue weighted by Gasteiger charge is -2.29. The predicted molar refractivity (Wildman–Crippen MR) is 105 cm³/mol. The van der Waals surface area contributed by atoms with Crippen molar-refractivity contribution in [2.75, 3.05) is 31.1 Å². The number of carbonyl (C=O) groups excluding carboxylic acids is 1. The standard InChI is InChI=1S/C14H20N10O5S2/c15-30(26,27)13-11(31(28,29)18-9-4-6-16-8-9)3-2-10(12(13)24-21-19-20-22-24)23-7-1-5-17-14(23)25/h2-3,9,16,18H,1,4-8H2,(H,17,25)(H2,15,26,27)/t9-/m1/s1. The first-order valence-electron chi connectivity index (χ1n) is 9.28. The summed E-state index contributed by atoms with van der Waals surface area (Å²) in [5.41, 5.74) is -0.292. The number of primary sulfonamides is 1. The quantitative estimate of drug-likeness (QED) is 0.341. The van der Waals surface area contributed by atoms with Gasteiger partial charge in [-0.2, -0.15) is 0 Å². The molecule has 2 amide bonds. The molecule has 0 spiro atoms. The summed E-state index contributed by atoms with van der Waals surface area (Å²) >= 11 is 0. The van der Waals surface area contributed by atoms with E-state index in [-0.39, 0.29) is 17.9 Å². The second-order valence-corrected chi connectivity index (χ2v) is 10.2. The molecule has 0 radical (unpaired) electrons. The highest BCUT2D eigenvalue weighted by molar-refractivity contribution is 7.92. The summed E-state index contributed by atoms with van der Waals surface area (Å²) < 4.78 is 53.9. The molecule has 3 heterocycles. The molecule has 1 aromatic heterocycles. The Hall–Kier alpha value is -2.73. The summed E-state index contributed by atoms with van der Waals surface area (Å²) in [5, 5.41) is 25.0. The molecular weight excluding hydrogens is 452 g/mol. The number of sulfonamides is 2. The van der Waals surface area contributed by atoms with E-state index in [2.05, 4.69) is 36.2 Å². The lowest BCUT2D eigenvalue weighted by atomic mass is 10.2. The molecule has 2 aromatic rings. The van der Waals surface area contributed by atoms with Crippen LogP contribution in [0, 0.1) is 0 Å². The highest BCUT2D eigenvalue weighted by atomic mass is 32.2. The van der Waals surface area contributed by atoms with Crippen molar-refractivity contribution < 1.29 is 21.6 Å². The van der Waals surface area contributed by atoms with Crippen LogP contribution in [0.2, 0.25) is 0 Å². The summed E-state index contributed by atoms with van der Waals surface area (Å²) in [5.74, 6) is 0. The average Bonchev–Trinajstić information content (AvgIpc) is 3.40. The first kappa shape index (κ1) is 21.5. The SMILES string of the molecule is NS(=O)(=O)c1c(S(=O)(=O)N[C@@H]2CCNC2)ccc(N2CCCNC2=O)c1-n1nnnn1. The topological polar surface area (TPSA) is 207 Å². The monoisotopic (exact) mass is 472 g/mol. The number of amides is 2. The van der Waals surface area contributed by atoms with E-state index in [4.69, 9.17) is 5.14 Å². The van der Waals surface area contributed by atoms with E-state index in [0.717, 1.165) is 10.9 Å². The lowest BCUT2D eigenvalue weighted by molar-refractivity contribution is 0.243. The Morgan fingerprint density at radius 2 is 1.87 bits per heavy atom. The van der Waals surface area contributed by atoms with Crippen molar-refractivity contribution in [2.24, 2.45) is 5.14 Å². The minimum Gasteiger partial charge on any atom is -0.338 e. The molecule has 0 aliphatic carbocycles. The van der Waals surface area contributed by atoms with Gasteiger partial charge < -0.3 is 10.6 Å². The molecule has 2 aliphatic heterocycles. The predicted octanol–water partition coefficient (Wildman–Crippen LogP) is -2.74. The van der Waals surface area contributed by atoms with Crippen LogP contribution < -0.4 is 25.4 Å². The van der Waals surface area contributed by atoms with Crippen LogP contribution in [-0.4, -0.2) is 80.7 Å². The van der Waals surface area contributed by atoms with Gasteiger partial charge in [0.1, 0.15) is 15.5 Å². The van der Waals surface area contributed by atoms with Crippen molar-refractivity contribution in [3.05, 3.63) is 12.1 Å². The largest absolute Gasteiger partial charge is 0.338 e. The van der Waals surface area contributed by atoms with Gasteiger partial charge in [0.2, 0.25) is 20.0 Å². The number of carbonyl (C=O) groups is 1. The van der Waals surface area contributed by atoms with E-state index in [0.29, 0.717) is 32.5 Å². The maximum absolute atomic E-state index is 13.1. The Morgan fingerprint density at radius 1 is 1.13 bits per heavy atom. The van der Waals surface area contributed by atoms with Gasteiger partial charge in [-0.3, -0.25) is 4.90 Å². The first-order valence-corrected chi connectivity index (χ1v) is 12.3. The molecular formula is C14H20N10O5S2. The minimum absolute atomic E-state index is 0.0440. The number of nitrogens with zero attached hydrogens (tertiary/aromatic N) is 6. The zero-order valence-corrected chi connectivity index (χ0v) is 17.7. The molecule has 31 heavy (non-hydrogen) atoms. The van der Waals surface area contributed by atoms with E-state index in [1.54, 1.807) is 0 Å². The number of urea groups is 1. The van der Waals surface area contributed by atoms with Gasteiger partial charge in [-0.1, -0.05) is 0 Å². The normalized spacial score (nSPS) is 20.1. The summed E-state index contributed by atoms with van der Waals surface area (Å²) in [6.45, 7) is 1.72. The van der Waals surface area contributed by atoms with Crippen LogP contribution in [0.3, 0.4) is 0 Å². The van der Waals surface area contributed by atoms with Gasteiger partial charge in [-0.05, 0) is 52.4 Å². The third kappa shape index (κ3) is 4.22. The number of aromatic nitrogens is 5. The van der Waals surface area contributed by atoms with Gasteiger partial charge in [0, 0.05) is 25.7 Å². The second kappa shape index (κ2) is 8.08. The number of benzene rings is 1. The fraction of sp³-hybridized carbons (Fsp3) is 0.500. The van der Waals surface area contributed by atoms with Gasteiger partial charge >= 0.3 is 6.03 Å². The van der Waals surface area contributed by atoms with E-state index >= 15 is 0 Å². The molecule has 0 bridgehead atoms. The number of nitrogens with two attached hydrogens (primary N) is 1. The Labute approximate surface area is 177 Å². The number of nitrogens with one attached hydrogen (secondary N) is 3. The molecule has 1 atom stereocenters. The number of hydrogen-bond acceptors (Lipinski definition) is 10. The smallest absolute Gasteiger partial charge is 0.321 e. The van der Waals surface area contributed by atoms with Crippen LogP contribution >= 0.6 is 0 Å². The Morgan fingerprint density at radius 3 is 2.48 bits per heavy atom. The van der Waals surface area contributed by atoms with Crippen LogP contribution in [-0.2, 0) is 20.0 Å². The van der Waals surface area contributed by atoms with Crippen molar-refractivity contribution in [2.45, 2.75) is 28.7 Å². The zero-order chi connectivity index (χ0) is 22.2. The number of anilines is 1. The number of hydrogen-bond donors (Lipinski definition) is 4. The van der Waals surface area contributed by atoms with Gasteiger partial charge in [0.05, 0.1) is 5.69 Å². The maximum atomic E-state index is 13.1. The molecule has 0 saturated carbocycles. The van der Waals surface area contributed by atoms with Crippen LogP contribution in [0.25, 0.3) is 5.69 Å². The first-order chi connectivity index (χ1) is 14.7. The minimum atomic E-state index is -4.64. The molecule has 15 nitrogen and oxygen atoms in total. The van der Waals surface area contributed by atoms with Crippen molar-refractivity contribution in [1.82, 2.24) is 41.0 Å². The molecule has 2 aliphatic rings. The van der Waals surface area contributed by atoms with Crippen LogP contribution in [0.15, 0.2) is 21.9 Å². The van der Waals surface area contributed by atoms with Gasteiger partial charge in [-0.15, -0.1) is 4.80 Å². The van der Waals surface area contributed by atoms with Crippen molar-refractivity contribution in [3.63, 3.8) is 0 Å². The van der Waals surface area contributed by atoms with Crippen LogP contribution in [0.1, 0.15) is 12.8 Å². The number of rotatable bonds is 6. The van der Waals surface area contributed by atoms with E-state index in [9.17, 15) is 21.6 Å². The molecule has 0 unspecified atom stereocenters. The molecule has 4 rings (SSSR count). The van der Waals surface area contributed by atoms with E-state index in [1.807, 2.05) is 0 Å². The fourth-order valence-electron chi connectivity index (χ4n) is 3.56. The third-order valence-corrected chi connectivity index (χ3v) is 7.56. The van der Waals surface area contributed by atoms with Crippen LogP contribution in [0.5, 0.6) is 0 Å². The molecule has 17 heteroatoms. The van der Waals surface area contributed by atoms with Gasteiger partial charge in [-0.25, -0.2) is 31.5 Å². The maximum Gasteiger partial charge on any atom is 0.321 e. The Kier molecular flexibility index (Phi) is 5.60. The molecule has 5 N–H and O–H groups in total. The van der Waals surface area contributed by atoms with Crippen molar-refractivity contribution in [1.29, 1.82) is 0 Å². The molecule has 1 aromatic carbocycles. The summed E-state index contributed by atoms with van der Waals surface area (Å²) in [7, 11) is -8.95. The highest BCUT2D eigenvalue weighted by Crippen LogP contribution is 2.35. The third-order valence-electron chi connectivity index (χ3n) is 4.89. The second-order valence-electron chi connectivity index (χ2n) is 7.00. The fourth-order valence-corrected chi connectivity index (χ4v) is 6.39. The average molecular weight is 473 g/mol. The molecule has 168 valence electrons. The van der Waals surface area contributed by atoms with E-state index in [1.165, 1.54) is 11.0 Å². The van der Waals surface area contributed by atoms with E-state index < -0.39 is 41.9 Å². The Balaban J connectivity index is 1.95. The zero-order valence-electron chi connectivity index (χ0n) is 16.1. The Bertz CT molecular complexity index is 1190. The van der Waals surface area contributed by atoms with Gasteiger partial charge in [0.15, 0.2) is 0 Å². The molecule has 2 saturated heterocycles. The lowest BCUT2D eigenvalue weighted by Crippen LogP contribution is -2.47. The highest BCUT2D eigenvalue weighted by Gasteiger charge is 2.35. The molecule has 2 fully saturated rings. The summed E-state index contributed by atoms with van der Waals surface area (Å²) in [6, 6.07) is 1.49. The van der Waals surface area contributed by atoms with Crippen LogP contribution in [0.4, 0.5) is 10.5 Å². The summed E-state index contributed by atoms with van der Waals surface area (Å²) in [6.07, 6.45) is 1.12. The summed E-state index contributed by atoms with van der Waals surface area (Å²) in [4.78, 5) is 13.0. The van der Waals surface area contributed by atoms with Crippen molar-refractivity contribution in [3.8, 4) is 5.69 Å². The van der Waals surface area contributed by atoms with Crippen molar-refractivity contribution >= 4 is 31.8 Å².